The highest BCUT2D eigenvalue weighted by Gasteiger charge is 2.46. The summed E-state index contributed by atoms with van der Waals surface area (Å²) < 4.78 is 37.7. The number of aromatic nitrogens is 4. The van der Waals surface area contributed by atoms with Crippen LogP contribution < -0.4 is 15.7 Å². The SMILES string of the molecule is Nc1nc([O-])c2ncn([C@@H]3O[C@H](CO[P+](O)([S-])OP(=O)([O-])F)[C@@H](O)[C@H]3O)c2n1. The number of hydrogen-bond acceptors (Lipinski definition) is 14. The Morgan fingerprint density at radius 3 is 2.79 bits per heavy atom. The molecular weight excluding hydrogens is 447 g/mol. The zero-order valence-corrected chi connectivity index (χ0v) is 16.0. The summed E-state index contributed by atoms with van der Waals surface area (Å²) in [6.45, 7) is -0.751. The molecule has 0 amide bonds. The molecule has 18 heteroatoms. The normalized spacial score (nSPS) is 29.6. The molecule has 0 bridgehead atoms. The second kappa shape index (κ2) is 7.57. The van der Waals surface area contributed by atoms with Crippen LogP contribution in [0.5, 0.6) is 5.88 Å². The van der Waals surface area contributed by atoms with Crippen molar-refractivity contribution in [1.29, 1.82) is 0 Å². The van der Waals surface area contributed by atoms with Gasteiger partial charge in [0, 0.05) is 5.88 Å². The van der Waals surface area contributed by atoms with Gasteiger partial charge in [0.25, 0.3) is 7.15 Å². The van der Waals surface area contributed by atoms with Crippen molar-refractivity contribution >= 4 is 44.4 Å². The minimum absolute atomic E-state index is 0.0735. The number of fused-ring (bicyclic) bond motifs is 1. The van der Waals surface area contributed by atoms with Crippen molar-refractivity contribution < 1.29 is 47.4 Å². The van der Waals surface area contributed by atoms with Gasteiger partial charge in [-0.25, -0.2) is 14.9 Å². The van der Waals surface area contributed by atoms with E-state index >= 15 is 0 Å². The molecule has 6 atom stereocenters. The predicted molar refractivity (Wildman–Crippen MR) is 87.4 cm³/mol. The molecule has 1 fully saturated rings. The van der Waals surface area contributed by atoms with Gasteiger partial charge in [0.15, 0.2) is 11.9 Å². The molecule has 1 saturated heterocycles. The van der Waals surface area contributed by atoms with Gasteiger partial charge in [-0.1, -0.05) is 0 Å². The third kappa shape index (κ3) is 4.52. The van der Waals surface area contributed by atoms with E-state index in [0.717, 1.165) is 10.9 Å². The molecule has 3 heterocycles. The molecule has 14 nitrogen and oxygen atoms in total. The van der Waals surface area contributed by atoms with E-state index in [1.165, 1.54) is 0 Å². The molecule has 0 aromatic carbocycles. The van der Waals surface area contributed by atoms with E-state index in [0.29, 0.717) is 0 Å². The second-order valence-corrected chi connectivity index (χ2v) is 9.63. The summed E-state index contributed by atoms with van der Waals surface area (Å²) in [6, 6.07) is 0. The smallest absolute Gasteiger partial charge is 0.349 e. The van der Waals surface area contributed by atoms with Crippen molar-refractivity contribution in [2.45, 2.75) is 24.5 Å². The van der Waals surface area contributed by atoms with E-state index in [1.54, 1.807) is 0 Å². The maximum Gasteiger partial charge on any atom is 0.349 e. The fourth-order valence-electron chi connectivity index (χ4n) is 2.50. The lowest BCUT2D eigenvalue weighted by atomic mass is 10.1. The van der Waals surface area contributed by atoms with Gasteiger partial charge < -0.3 is 42.9 Å². The highest BCUT2D eigenvalue weighted by molar-refractivity contribution is 8.36. The number of halogens is 1. The lowest BCUT2D eigenvalue weighted by molar-refractivity contribution is -0.272. The Labute approximate surface area is 161 Å². The Morgan fingerprint density at radius 1 is 1.46 bits per heavy atom. The van der Waals surface area contributed by atoms with Gasteiger partial charge in [-0.3, -0.25) is 9.13 Å². The van der Waals surface area contributed by atoms with Crippen molar-refractivity contribution in [3.63, 3.8) is 0 Å². The van der Waals surface area contributed by atoms with Crippen LogP contribution in [0, 0.1) is 0 Å². The van der Waals surface area contributed by atoms with Crippen LogP contribution in [0.25, 0.3) is 11.2 Å². The van der Waals surface area contributed by atoms with E-state index in [9.17, 15) is 33.9 Å². The first kappa shape index (κ1) is 21.5. The van der Waals surface area contributed by atoms with Crippen LogP contribution in [0.2, 0.25) is 0 Å². The molecule has 2 aromatic rings. The zero-order valence-electron chi connectivity index (χ0n) is 13.4. The molecule has 2 aromatic heterocycles. The van der Waals surface area contributed by atoms with E-state index in [2.05, 4.69) is 36.0 Å². The number of ether oxygens (including phenoxy) is 1. The van der Waals surface area contributed by atoms with Gasteiger partial charge in [-0.2, -0.15) is 13.7 Å². The molecule has 1 aliphatic rings. The zero-order chi connectivity index (χ0) is 20.9. The van der Waals surface area contributed by atoms with Crippen molar-refractivity contribution in [3.8, 4) is 5.88 Å². The Kier molecular flexibility index (Phi) is 5.82. The van der Waals surface area contributed by atoms with Crippen LogP contribution in [0.1, 0.15) is 6.23 Å². The summed E-state index contributed by atoms with van der Waals surface area (Å²) in [5, 5.41) is 32.1. The third-order valence-electron chi connectivity index (χ3n) is 3.62. The molecular formula is C10H12FN5O9P2S-2. The molecule has 5 N–H and O–H groups in total. The average molecular weight is 459 g/mol. The van der Waals surface area contributed by atoms with Crippen LogP contribution in [-0.4, -0.2) is 59.5 Å². The van der Waals surface area contributed by atoms with Gasteiger partial charge in [-0.15, -0.1) is 4.31 Å². The lowest BCUT2D eigenvalue weighted by Crippen LogP contribution is -2.33. The molecule has 156 valence electrons. The summed E-state index contributed by atoms with van der Waals surface area (Å²) in [7, 11) is -10.4. The summed E-state index contributed by atoms with van der Waals surface area (Å²) >= 11 is 4.32. The Bertz CT molecular complexity index is 928. The quantitative estimate of drug-likeness (QED) is 0.266. The first-order valence-corrected chi connectivity index (χ1v) is 11.3. The largest absolute Gasteiger partial charge is 0.857 e. The molecule has 28 heavy (non-hydrogen) atoms. The van der Waals surface area contributed by atoms with Crippen molar-refractivity contribution in [1.82, 2.24) is 19.5 Å². The van der Waals surface area contributed by atoms with Crippen LogP contribution in [0.15, 0.2) is 6.33 Å². The summed E-state index contributed by atoms with van der Waals surface area (Å²) in [5.74, 6) is -1.11. The lowest BCUT2D eigenvalue weighted by Gasteiger charge is -2.25. The minimum atomic E-state index is -5.86. The summed E-state index contributed by atoms with van der Waals surface area (Å²) in [5.41, 5.74) is 5.19. The van der Waals surface area contributed by atoms with Gasteiger partial charge in [0.05, 0.1) is 6.33 Å². The summed E-state index contributed by atoms with van der Waals surface area (Å²) in [6.07, 6.45) is -4.74. The molecule has 2 unspecified atom stereocenters. The number of anilines is 1. The van der Waals surface area contributed by atoms with Gasteiger partial charge in [-0.05, 0) is 0 Å². The number of rotatable bonds is 6. The van der Waals surface area contributed by atoms with Gasteiger partial charge >= 0.3 is 7.91 Å². The Morgan fingerprint density at radius 2 is 2.14 bits per heavy atom. The van der Waals surface area contributed by atoms with E-state index in [1.807, 2.05) is 0 Å². The first-order valence-electron chi connectivity index (χ1n) is 7.26. The molecule has 3 rings (SSSR count). The number of nitrogens with two attached hydrogens (primary N) is 1. The van der Waals surface area contributed by atoms with E-state index in [-0.39, 0.29) is 17.1 Å². The predicted octanol–water partition coefficient (Wildman–Crippen LogP) is -2.21. The topological polar surface area (TPSA) is 221 Å². The maximum absolute atomic E-state index is 12.5. The van der Waals surface area contributed by atoms with Crippen molar-refractivity contribution in [3.05, 3.63) is 6.33 Å². The molecule has 1 aliphatic heterocycles. The molecule has 0 spiro atoms. The fourth-order valence-corrected chi connectivity index (χ4v) is 4.91. The van der Waals surface area contributed by atoms with Crippen LogP contribution in [-0.2, 0) is 30.4 Å². The number of imidazole rings is 1. The Hall–Kier alpha value is -1.19. The number of nitrogen functional groups attached to an aromatic ring is 1. The number of aliphatic hydroxyl groups excluding tert-OH is 2. The average Bonchev–Trinajstić information content (AvgIpc) is 3.06. The maximum atomic E-state index is 12.5. The van der Waals surface area contributed by atoms with Crippen LogP contribution in [0.3, 0.4) is 0 Å². The van der Waals surface area contributed by atoms with E-state index in [4.69, 9.17) is 10.5 Å². The highest BCUT2D eigenvalue weighted by Crippen LogP contribution is 2.65. The Balaban J connectivity index is 1.77. The van der Waals surface area contributed by atoms with Gasteiger partial charge in [0.2, 0.25) is 5.95 Å². The first-order chi connectivity index (χ1) is 12.9. The van der Waals surface area contributed by atoms with Crippen molar-refractivity contribution in [2.24, 2.45) is 0 Å². The fraction of sp³-hybridized carbons (Fsp3) is 0.500. The van der Waals surface area contributed by atoms with E-state index < -0.39 is 52.1 Å². The third-order valence-corrected chi connectivity index (χ3v) is 6.62. The number of nitrogens with zero attached hydrogens (tertiary/aromatic N) is 4. The summed E-state index contributed by atoms with van der Waals surface area (Å²) in [4.78, 5) is 31.0. The number of aliphatic hydroxyl groups is 2. The molecule has 0 saturated carbocycles. The van der Waals surface area contributed by atoms with Crippen LogP contribution in [0.4, 0.5) is 10.1 Å². The monoisotopic (exact) mass is 459 g/mol. The van der Waals surface area contributed by atoms with Crippen LogP contribution >= 0.6 is 15.1 Å². The molecule has 0 radical (unpaired) electrons. The number of hydrogen-bond donors (Lipinski definition) is 4. The highest BCUT2D eigenvalue weighted by atomic mass is 32.7. The second-order valence-electron chi connectivity index (χ2n) is 5.53. The standard InChI is InChI=1S/C10H14FN5O9P2S/c11-26(20,21)25-27(22,28)23-1-3-5(17)6(18)9(24-3)16-2-13-4-7(16)14-10(12)15-8(4)19/h2-3,5-6,9,17-18H,1H2,(H,20,21)(H,22,28)(H3,12,14,15,19)/p-2/t3-,5-,6-,9-,27?/m1/s1. The van der Waals surface area contributed by atoms with Gasteiger partial charge in [0.1, 0.15) is 30.4 Å². The minimum Gasteiger partial charge on any atom is -0.857 e. The molecule has 0 aliphatic carbocycles. The van der Waals surface area contributed by atoms with Crippen molar-refractivity contribution in [2.75, 3.05) is 12.3 Å².